The third-order valence-corrected chi connectivity index (χ3v) is 3.88. The van der Waals surface area contributed by atoms with Crippen LogP contribution in [0.15, 0.2) is 35.5 Å². The maximum atomic E-state index is 5.79. The highest BCUT2D eigenvalue weighted by atomic mass is 35.5. The third kappa shape index (κ3) is 5.16. The fraction of sp³-hybridized carbons (Fsp3) is 0.333. The van der Waals surface area contributed by atoms with Gasteiger partial charge in [0.05, 0.1) is 21.3 Å². The van der Waals surface area contributed by atoms with E-state index in [-0.39, 0.29) is 0 Å². The van der Waals surface area contributed by atoms with Crippen molar-refractivity contribution >= 4 is 17.6 Å². The fourth-order valence-corrected chi connectivity index (χ4v) is 2.45. The Balaban J connectivity index is 2.00. The zero-order valence-electron chi connectivity index (χ0n) is 15.3. The van der Waals surface area contributed by atoms with Crippen molar-refractivity contribution in [3.8, 4) is 17.2 Å². The second-order valence-electron chi connectivity index (χ2n) is 5.30. The number of aromatic nitrogens is 1. The van der Waals surface area contributed by atoms with E-state index in [1.54, 1.807) is 40.6 Å². The predicted octanol–water partition coefficient (Wildman–Crippen LogP) is 2.63. The number of hydrogen-bond acceptors (Lipinski definition) is 5. The van der Waals surface area contributed by atoms with Crippen molar-refractivity contribution in [2.75, 3.05) is 28.4 Å². The van der Waals surface area contributed by atoms with E-state index in [1.807, 2.05) is 18.2 Å². The van der Waals surface area contributed by atoms with Crippen molar-refractivity contribution in [3.63, 3.8) is 0 Å². The average Bonchev–Trinajstić information content (AvgIpc) is 2.68. The summed E-state index contributed by atoms with van der Waals surface area (Å²) in [7, 11) is 6.48. The second-order valence-corrected chi connectivity index (χ2v) is 5.69. The molecule has 26 heavy (non-hydrogen) atoms. The number of guanidine groups is 1. The van der Waals surface area contributed by atoms with Crippen molar-refractivity contribution in [1.82, 2.24) is 15.6 Å². The summed E-state index contributed by atoms with van der Waals surface area (Å²) >= 11 is 5.79. The average molecular weight is 379 g/mol. The van der Waals surface area contributed by atoms with Crippen LogP contribution in [0.2, 0.25) is 5.15 Å². The van der Waals surface area contributed by atoms with Gasteiger partial charge in [0.25, 0.3) is 0 Å². The van der Waals surface area contributed by atoms with E-state index in [4.69, 9.17) is 25.8 Å². The van der Waals surface area contributed by atoms with Crippen LogP contribution in [0.4, 0.5) is 0 Å². The van der Waals surface area contributed by atoms with Crippen LogP contribution >= 0.6 is 11.6 Å². The highest BCUT2D eigenvalue weighted by Crippen LogP contribution is 2.38. The minimum absolute atomic E-state index is 0.471. The molecular formula is C18H23ClN4O3. The molecule has 140 valence electrons. The van der Waals surface area contributed by atoms with Crippen LogP contribution in [0.3, 0.4) is 0 Å². The number of hydrogen-bond donors (Lipinski definition) is 2. The quantitative estimate of drug-likeness (QED) is 0.438. The van der Waals surface area contributed by atoms with Crippen molar-refractivity contribution in [1.29, 1.82) is 0 Å². The van der Waals surface area contributed by atoms with Gasteiger partial charge >= 0.3 is 0 Å². The lowest BCUT2D eigenvalue weighted by Crippen LogP contribution is -2.36. The molecule has 2 rings (SSSR count). The third-order valence-electron chi connectivity index (χ3n) is 3.66. The summed E-state index contributed by atoms with van der Waals surface area (Å²) in [5.41, 5.74) is 1.97. The number of ether oxygens (including phenoxy) is 3. The molecule has 0 amide bonds. The zero-order valence-corrected chi connectivity index (χ0v) is 16.1. The highest BCUT2D eigenvalue weighted by molar-refractivity contribution is 6.29. The summed E-state index contributed by atoms with van der Waals surface area (Å²) in [5.74, 6) is 2.45. The molecule has 8 heteroatoms. The highest BCUT2D eigenvalue weighted by Gasteiger charge is 2.13. The Labute approximate surface area is 158 Å². The monoisotopic (exact) mass is 378 g/mol. The van der Waals surface area contributed by atoms with Gasteiger partial charge in [0.1, 0.15) is 5.15 Å². The van der Waals surface area contributed by atoms with Crippen LogP contribution in [0, 0.1) is 0 Å². The normalized spacial score (nSPS) is 11.0. The first-order chi connectivity index (χ1) is 12.6. The van der Waals surface area contributed by atoms with Gasteiger partial charge in [-0.15, -0.1) is 0 Å². The first-order valence-electron chi connectivity index (χ1n) is 7.95. The summed E-state index contributed by atoms with van der Waals surface area (Å²) < 4.78 is 16.1. The molecule has 0 aliphatic heterocycles. The number of benzene rings is 1. The van der Waals surface area contributed by atoms with E-state index in [2.05, 4.69) is 20.6 Å². The Morgan fingerprint density at radius 2 is 1.62 bits per heavy atom. The van der Waals surface area contributed by atoms with Gasteiger partial charge in [0.2, 0.25) is 5.75 Å². The van der Waals surface area contributed by atoms with E-state index >= 15 is 0 Å². The fourth-order valence-electron chi connectivity index (χ4n) is 2.34. The van der Waals surface area contributed by atoms with E-state index in [0.717, 1.165) is 11.1 Å². The molecule has 0 saturated heterocycles. The summed E-state index contributed by atoms with van der Waals surface area (Å²) in [6.45, 7) is 1.12. The summed E-state index contributed by atoms with van der Waals surface area (Å²) in [6, 6.07) is 7.45. The van der Waals surface area contributed by atoms with Crippen LogP contribution in [-0.4, -0.2) is 39.3 Å². The molecule has 0 fully saturated rings. The molecule has 1 aromatic heterocycles. The Morgan fingerprint density at radius 3 is 2.08 bits per heavy atom. The molecule has 0 radical (unpaired) electrons. The van der Waals surface area contributed by atoms with Gasteiger partial charge in [0.15, 0.2) is 17.5 Å². The Morgan fingerprint density at radius 1 is 1.00 bits per heavy atom. The van der Waals surface area contributed by atoms with Crippen LogP contribution < -0.4 is 24.8 Å². The molecule has 0 spiro atoms. The number of pyridine rings is 1. The molecule has 0 unspecified atom stereocenters. The SMILES string of the molecule is CN=C(NCc1ccc(Cl)nc1)NCc1cc(OC)c(OC)c(OC)c1. The number of nitrogens with zero attached hydrogens (tertiary/aromatic N) is 2. The Kier molecular flexibility index (Phi) is 7.35. The van der Waals surface area contributed by atoms with Gasteiger partial charge in [-0.3, -0.25) is 4.99 Å². The molecule has 2 aromatic rings. The van der Waals surface area contributed by atoms with Gasteiger partial charge in [0, 0.05) is 26.3 Å². The number of aliphatic imine (C=N–C) groups is 1. The van der Waals surface area contributed by atoms with Gasteiger partial charge < -0.3 is 24.8 Å². The Bertz CT molecular complexity index is 726. The largest absolute Gasteiger partial charge is 0.493 e. The number of halogens is 1. The second kappa shape index (κ2) is 9.72. The summed E-state index contributed by atoms with van der Waals surface area (Å²) in [5, 5.41) is 6.94. The smallest absolute Gasteiger partial charge is 0.203 e. The topological polar surface area (TPSA) is 77.0 Å². The number of rotatable bonds is 7. The first kappa shape index (κ1) is 19.7. The van der Waals surface area contributed by atoms with Gasteiger partial charge in [-0.05, 0) is 29.3 Å². The van der Waals surface area contributed by atoms with Crippen molar-refractivity contribution < 1.29 is 14.2 Å². The molecule has 0 saturated carbocycles. The van der Waals surface area contributed by atoms with Gasteiger partial charge in [-0.2, -0.15) is 0 Å². The number of nitrogens with one attached hydrogen (secondary N) is 2. The molecule has 0 aliphatic rings. The van der Waals surface area contributed by atoms with Crippen molar-refractivity contribution in [3.05, 3.63) is 46.7 Å². The molecule has 0 bridgehead atoms. The lowest BCUT2D eigenvalue weighted by atomic mass is 10.2. The van der Waals surface area contributed by atoms with E-state index < -0.39 is 0 Å². The molecular weight excluding hydrogens is 356 g/mol. The summed E-state index contributed by atoms with van der Waals surface area (Å²) in [4.78, 5) is 8.27. The zero-order chi connectivity index (χ0) is 18.9. The maximum Gasteiger partial charge on any atom is 0.203 e. The molecule has 0 aliphatic carbocycles. The minimum atomic E-state index is 0.471. The van der Waals surface area contributed by atoms with Gasteiger partial charge in [-0.25, -0.2) is 4.98 Å². The molecule has 0 atom stereocenters. The van der Waals surface area contributed by atoms with Crippen molar-refractivity contribution in [2.45, 2.75) is 13.1 Å². The van der Waals surface area contributed by atoms with Crippen LogP contribution in [0.5, 0.6) is 17.2 Å². The van der Waals surface area contributed by atoms with Crippen LogP contribution in [0.25, 0.3) is 0 Å². The maximum absolute atomic E-state index is 5.79. The Hall–Kier alpha value is -2.67. The molecule has 1 heterocycles. The standard InChI is InChI=1S/C18H23ClN4O3/c1-20-18(22-10-12-5-6-16(19)21-9-12)23-11-13-7-14(24-2)17(26-4)15(8-13)25-3/h5-9H,10-11H2,1-4H3,(H2,20,22,23). The lowest BCUT2D eigenvalue weighted by molar-refractivity contribution is 0.323. The van der Waals surface area contributed by atoms with Crippen LogP contribution in [-0.2, 0) is 13.1 Å². The van der Waals surface area contributed by atoms with Crippen molar-refractivity contribution in [2.24, 2.45) is 4.99 Å². The van der Waals surface area contributed by atoms with Gasteiger partial charge in [-0.1, -0.05) is 17.7 Å². The molecule has 1 aromatic carbocycles. The van der Waals surface area contributed by atoms with E-state index in [9.17, 15) is 0 Å². The van der Waals surface area contributed by atoms with Crippen LogP contribution in [0.1, 0.15) is 11.1 Å². The minimum Gasteiger partial charge on any atom is -0.493 e. The van der Waals surface area contributed by atoms with E-state index in [0.29, 0.717) is 41.5 Å². The first-order valence-corrected chi connectivity index (χ1v) is 8.32. The lowest BCUT2D eigenvalue weighted by Gasteiger charge is -2.16. The molecule has 2 N–H and O–H groups in total. The summed E-state index contributed by atoms with van der Waals surface area (Å²) in [6.07, 6.45) is 1.72. The predicted molar refractivity (Wildman–Crippen MR) is 102 cm³/mol. The van der Waals surface area contributed by atoms with E-state index in [1.165, 1.54) is 0 Å². The number of methoxy groups -OCH3 is 3. The molecule has 7 nitrogen and oxygen atoms in total.